The van der Waals surface area contributed by atoms with Gasteiger partial charge in [0.25, 0.3) is 5.91 Å². The third-order valence-electron chi connectivity index (χ3n) is 3.83. The third kappa shape index (κ3) is 4.35. The molecule has 126 valence electrons. The number of ether oxygens (including phenoxy) is 2. The number of amides is 1. The van der Waals surface area contributed by atoms with Crippen molar-refractivity contribution in [3.63, 3.8) is 0 Å². The fraction of sp³-hybridized carbons (Fsp3) is 0.278. The summed E-state index contributed by atoms with van der Waals surface area (Å²) < 4.78 is 12.3. The van der Waals surface area contributed by atoms with Gasteiger partial charge in [-0.25, -0.2) is 0 Å². The van der Waals surface area contributed by atoms with Crippen LogP contribution in [0.2, 0.25) is 0 Å². The smallest absolute Gasteiger partial charge is 0.253 e. The number of nitrogens with two attached hydrogens (primary N) is 1. The lowest BCUT2D eigenvalue weighted by Gasteiger charge is -2.13. The molecule has 0 aromatic heterocycles. The fourth-order valence-corrected chi connectivity index (χ4v) is 2.80. The van der Waals surface area contributed by atoms with Crippen molar-refractivity contribution < 1.29 is 14.3 Å². The van der Waals surface area contributed by atoms with Crippen LogP contribution in [0.25, 0.3) is 0 Å². The van der Waals surface area contributed by atoms with Gasteiger partial charge in [-0.05, 0) is 61.4 Å². The predicted octanol–water partition coefficient (Wildman–Crippen LogP) is 3.69. The second kappa shape index (κ2) is 7.79. The van der Waals surface area contributed by atoms with Gasteiger partial charge in [0.1, 0.15) is 17.6 Å². The summed E-state index contributed by atoms with van der Waals surface area (Å²) in [5, 5.41) is 2.86. The first-order valence-corrected chi connectivity index (χ1v) is 8.63. The molecule has 6 heteroatoms. The van der Waals surface area contributed by atoms with Crippen molar-refractivity contribution >= 4 is 27.5 Å². The van der Waals surface area contributed by atoms with E-state index in [4.69, 9.17) is 15.2 Å². The topological polar surface area (TPSA) is 73.6 Å². The standard InChI is InChI=1S/C18H19BrN2O3/c19-12-1-5-14(6-2-12)23-15-7-3-13(4-8-15)21-18(22)17-10-9-16(11-20)24-17/h1-8,16-17H,9-11,20H2,(H,21,22)/t16-,17+/m1/s1. The van der Waals surface area contributed by atoms with E-state index in [2.05, 4.69) is 21.2 Å². The van der Waals surface area contributed by atoms with Crippen molar-refractivity contribution in [2.45, 2.75) is 25.0 Å². The minimum Gasteiger partial charge on any atom is -0.457 e. The molecule has 1 heterocycles. The number of benzene rings is 2. The number of carbonyl (C=O) groups excluding carboxylic acids is 1. The molecule has 0 bridgehead atoms. The average Bonchev–Trinajstić information content (AvgIpc) is 3.08. The van der Waals surface area contributed by atoms with Crippen molar-refractivity contribution in [2.24, 2.45) is 5.73 Å². The van der Waals surface area contributed by atoms with Crippen molar-refractivity contribution in [3.05, 3.63) is 53.0 Å². The van der Waals surface area contributed by atoms with Crippen LogP contribution < -0.4 is 15.8 Å². The van der Waals surface area contributed by atoms with Gasteiger partial charge in [-0.3, -0.25) is 4.79 Å². The van der Waals surface area contributed by atoms with Crippen molar-refractivity contribution in [2.75, 3.05) is 11.9 Å². The largest absolute Gasteiger partial charge is 0.457 e. The van der Waals surface area contributed by atoms with Crippen LogP contribution in [-0.4, -0.2) is 24.7 Å². The average molecular weight is 391 g/mol. The zero-order valence-corrected chi connectivity index (χ0v) is 14.7. The highest BCUT2D eigenvalue weighted by Crippen LogP contribution is 2.25. The molecule has 1 aliphatic heterocycles. The Kier molecular flexibility index (Phi) is 5.50. The molecule has 0 aliphatic carbocycles. The molecule has 3 N–H and O–H groups in total. The fourth-order valence-electron chi connectivity index (χ4n) is 2.54. The van der Waals surface area contributed by atoms with Gasteiger partial charge in [0, 0.05) is 16.7 Å². The van der Waals surface area contributed by atoms with Gasteiger partial charge < -0.3 is 20.5 Å². The molecule has 1 amide bonds. The first-order chi connectivity index (χ1) is 11.6. The van der Waals surface area contributed by atoms with Crippen LogP contribution in [0, 0.1) is 0 Å². The summed E-state index contributed by atoms with van der Waals surface area (Å²) in [5.41, 5.74) is 6.27. The van der Waals surface area contributed by atoms with Gasteiger partial charge in [0.15, 0.2) is 0 Å². The number of anilines is 1. The van der Waals surface area contributed by atoms with Gasteiger partial charge >= 0.3 is 0 Å². The molecule has 2 atom stereocenters. The monoisotopic (exact) mass is 390 g/mol. The Balaban J connectivity index is 1.56. The van der Waals surface area contributed by atoms with E-state index in [1.54, 1.807) is 0 Å². The highest BCUT2D eigenvalue weighted by molar-refractivity contribution is 9.10. The first-order valence-electron chi connectivity index (χ1n) is 7.84. The lowest BCUT2D eigenvalue weighted by molar-refractivity contribution is -0.126. The molecule has 0 saturated carbocycles. The molecule has 5 nitrogen and oxygen atoms in total. The predicted molar refractivity (Wildman–Crippen MR) is 96.2 cm³/mol. The quantitative estimate of drug-likeness (QED) is 0.816. The number of halogens is 1. The van der Waals surface area contributed by atoms with Gasteiger partial charge in [-0.1, -0.05) is 15.9 Å². The number of rotatable bonds is 5. The lowest BCUT2D eigenvalue weighted by atomic mass is 10.2. The van der Waals surface area contributed by atoms with Crippen LogP contribution in [0.5, 0.6) is 11.5 Å². The van der Waals surface area contributed by atoms with Crippen molar-refractivity contribution in [1.82, 2.24) is 0 Å². The zero-order chi connectivity index (χ0) is 16.9. The van der Waals surface area contributed by atoms with E-state index in [1.165, 1.54) is 0 Å². The van der Waals surface area contributed by atoms with E-state index < -0.39 is 6.10 Å². The van der Waals surface area contributed by atoms with Crippen LogP contribution >= 0.6 is 15.9 Å². The summed E-state index contributed by atoms with van der Waals surface area (Å²) in [6, 6.07) is 14.8. The van der Waals surface area contributed by atoms with Gasteiger partial charge in [0.05, 0.1) is 6.10 Å². The van der Waals surface area contributed by atoms with E-state index in [0.717, 1.165) is 16.6 Å². The zero-order valence-electron chi connectivity index (χ0n) is 13.1. The SMILES string of the molecule is NC[C@H]1CC[C@@H](C(=O)Nc2ccc(Oc3ccc(Br)cc3)cc2)O1. The third-order valence-corrected chi connectivity index (χ3v) is 4.36. The normalized spacial score (nSPS) is 19.9. The van der Waals surface area contributed by atoms with Gasteiger partial charge in [-0.15, -0.1) is 0 Å². The number of nitrogens with one attached hydrogen (secondary N) is 1. The molecule has 24 heavy (non-hydrogen) atoms. The van der Waals surface area contributed by atoms with Crippen LogP contribution in [0.1, 0.15) is 12.8 Å². The lowest BCUT2D eigenvalue weighted by Crippen LogP contribution is -2.29. The van der Waals surface area contributed by atoms with Gasteiger partial charge in [-0.2, -0.15) is 0 Å². The van der Waals surface area contributed by atoms with E-state index in [-0.39, 0.29) is 12.0 Å². The minimum absolute atomic E-state index is 0.0116. The summed E-state index contributed by atoms with van der Waals surface area (Å²) in [7, 11) is 0. The van der Waals surface area contributed by atoms with E-state index >= 15 is 0 Å². The highest BCUT2D eigenvalue weighted by atomic mass is 79.9. The van der Waals surface area contributed by atoms with E-state index in [0.29, 0.717) is 24.4 Å². The van der Waals surface area contributed by atoms with Crippen LogP contribution in [0.4, 0.5) is 5.69 Å². The second-order valence-electron chi connectivity index (χ2n) is 5.63. The number of carbonyl (C=O) groups is 1. The Bertz CT molecular complexity index is 688. The molecular weight excluding hydrogens is 372 g/mol. The molecule has 1 fully saturated rings. The molecule has 0 spiro atoms. The summed E-state index contributed by atoms with van der Waals surface area (Å²) in [6.07, 6.45) is 1.10. The molecule has 3 rings (SSSR count). The van der Waals surface area contributed by atoms with E-state index in [1.807, 2.05) is 48.5 Å². The molecule has 2 aromatic rings. The summed E-state index contributed by atoms with van der Waals surface area (Å²) >= 11 is 3.39. The maximum atomic E-state index is 12.2. The maximum Gasteiger partial charge on any atom is 0.253 e. The van der Waals surface area contributed by atoms with Crippen LogP contribution in [0.15, 0.2) is 53.0 Å². The Morgan fingerprint density at radius 1 is 1.12 bits per heavy atom. The summed E-state index contributed by atoms with van der Waals surface area (Å²) in [5.74, 6) is 1.32. The van der Waals surface area contributed by atoms with Crippen LogP contribution in [-0.2, 0) is 9.53 Å². The Hall–Kier alpha value is -1.89. The number of hydrogen-bond acceptors (Lipinski definition) is 4. The molecule has 0 radical (unpaired) electrons. The molecule has 2 aromatic carbocycles. The first kappa shape index (κ1) is 17.0. The summed E-state index contributed by atoms with van der Waals surface area (Å²) in [6.45, 7) is 0.450. The maximum absolute atomic E-state index is 12.2. The Morgan fingerprint density at radius 3 is 2.33 bits per heavy atom. The molecule has 1 aliphatic rings. The second-order valence-corrected chi connectivity index (χ2v) is 6.55. The highest BCUT2D eigenvalue weighted by Gasteiger charge is 2.29. The number of hydrogen-bond donors (Lipinski definition) is 2. The van der Waals surface area contributed by atoms with Gasteiger partial charge in [0.2, 0.25) is 0 Å². The molecular formula is C18H19BrN2O3. The Labute approximate surface area is 149 Å². The molecule has 0 unspecified atom stereocenters. The van der Waals surface area contributed by atoms with Crippen LogP contribution in [0.3, 0.4) is 0 Å². The van der Waals surface area contributed by atoms with E-state index in [9.17, 15) is 4.79 Å². The van der Waals surface area contributed by atoms with Crippen molar-refractivity contribution in [1.29, 1.82) is 0 Å². The molecule has 1 saturated heterocycles. The summed E-state index contributed by atoms with van der Waals surface area (Å²) in [4.78, 5) is 12.2. The Morgan fingerprint density at radius 2 is 1.75 bits per heavy atom. The minimum atomic E-state index is -0.419. The van der Waals surface area contributed by atoms with Crippen molar-refractivity contribution in [3.8, 4) is 11.5 Å².